The molecule has 2 rings (SSSR count). The lowest BCUT2D eigenvalue weighted by molar-refractivity contribution is 0.316. The van der Waals surface area contributed by atoms with Crippen LogP contribution in [-0.4, -0.2) is 11.7 Å². The summed E-state index contributed by atoms with van der Waals surface area (Å²) in [6.07, 6.45) is 0. The van der Waals surface area contributed by atoms with Gasteiger partial charge in [-0.05, 0) is 31.5 Å². The molecule has 0 aliphatic carbocycles. The largest absolute Gasteiger partial charge is 0.504 e. The topological polar surface area (TPSA) is 41.5 Å². The smallest absolute Gasteiger partial charge is 0.162 e. The van der Waals surface area contributed by atoms with E-state index in [0.717, 1.165) is 10.0 Å². The van der Waals surface area contributed by atoms with Crippen LogP contribution in [0.15, 0.2) is 46.9 Å². The second-order valence-corrected chi connectivity index (χ2v) is 5.68. The van der Waals surface area contributed by atoms with Crippen molar-refractivity contribution in [3.8, 4) is 11.5 Å². The average Bonchev–Trinajstić information content (AvgIpc) is 2.48. The Morgan fingerprint density at radius 1 is 1.19 bits per heavy atom. The molecule has 2 N–H and O–H groups in total. The minimum Gasteiger partial charge on any atom is -0.504 e. The summed E-state index contributed by atoms with van der Waals surface area (Å²) in [5.74, 6) is 0.747. The zero-order valence-electron chi connectivity index (χ0n) is 12.3. The fraction of sp³-hybridized carbons (Fsp3) is 0.294. The van der Waals surface area contributed by atoms with Crippen LogP contribution in [0.1, 0.15) is 31.0 Å². The fourth-order valence-electron chi connectivity index (χ4n) is 2.18. The SMILES string of the molecule is CCOc1cccc(CNC(C)c2ccccc2Br)c1O. The normalized spacial score (nSPS) is 12.1. The van der Waals surface area contributed by atoms with Crippen molar-refractivity contribution in [1.29, 1.82) is 0 Å². The van der Waals surface area contributed by atoms with Crippen molar-refractivity contribution < 1.29 is 9.84 Å². The first-order valence-corrected chi connectivity index (χ1v) is 7.84. The predicted molar refractivity (Wildman–Crippen MR) is 88.7 cm³/mol. The van der Waals surface area contributed by atoms with Gasteiger partial charge < -0.3 is 15.2 Å². The number of benzene rings is 2. The molecule has 21 heavy (non-hydrogen) atoms. The number of ether oxygens (including phenoxy) is 1. The Morgan fingerprint density at radius 2 is 1.95 bits per heavy atom. The van der Waals surface area contributed by atoms with E-state index in [2.05, 4.69) is 34.2 Å². The maximum Gasteiger partial charge on any atom is 0.162 e. The monoisotopic (exact) mass is 349 g/mol. The van der Waals surface area contributed by atoms with Crippen molar-refractivity contribution in [2.45, 2.75) is 26.4 Å². The third-order valence-corrected chi connectivity index (χ3v) is 4.08. The lowest BCUT2D eigenvalue weighted by Crippen LogP contribution is -2.18. The highest BCUT2D eigenvalue weighted by molar-refractivity contribution is 9.10. The van der Waals surface area contributed by atoms with E-state index in [1.165, 1.54) is 5.56 Å². The summed E-state index contributed by atoms with van der Waals surface area (Å²) in [4.78, 5) is 0. The molecule has 0 amide bonds. The molecule has 1 atom stereocenters. The van der Waals surface area contributed by atoms with Gasteiger partial charge in [-0.25, -0.2) is 0 Å². The van der Waals surface area contributed by atoms with E-state index in [0.29, 0.717) is 18.9 Å². The van der Waals surface area contributed by atoms with Gasteiger partial charge in [-0.2, -0.15) is 0 Å². The zero-order valence-corrected chi connectivity index (χ0v) is 13.9. The van der Waals surface area contributed by atoms with E-state index in [9.17, 15) is 5.11 Å². The van der Waals surface area contributed by atoms with Crippen molar-refractivity contribution in [3.05, 3.63) is 58.1 Å². The number of halogens is 1. The van der Waals surface area contributed by atoms with Crippen LogP contribution < -0.4 is 10.1 Å². The van der Waals surface area contributed by atoms with Gasteiger partial charge in [0.25, 0.3) is 0 Å². The van der Waals surface area contributed by atoms with Crippen LogP contribution in [0.2, 0.25) is 0 Å². The number of aromatic hydroxyl groups is 1. The van der Waals surface area contributed by atoms with Crippen LogP contribution in [0, 0.1) is 0 Å². The van der Waals surface area contributed by atoms with Crippen LogP contribution in [-0.2, 0) is 6.54 Å². The molecule has 112 valence electrons. The quantitative estimate of drug-likeness (QED) is 0.811. The summed E-state index contributed by atoms with van der Waals surface area (Å²) in [6.45, 7) is 5.12. The molecule has 0 radical (unpaired) electrons. The molecule has 0 spiro atoms. The van der Waals surface area contributed by atoms with E-state index in [4.69, 9.17) is 4.74 Å². The van der Waals surface area contributed by atoms with Crippen molar-refractivity contribution >= 4 is 15.9 Å². The maximum atomic E-state index is 10.2. The molecule has 3 nitrogen and oxygen atoms in total. The standard InChI is InChI=1S/C17H20BrNO2/c1-3-21-16-10-6-7-13(17(16)20)11-19-12(2)14-8-4-5-9-15(14)18/h4-10,12,19-20H,3,11H2,1-2H3. The summed E-state index contributed by atoms with van der Waals surface area (Å²) in [6, 6.07) is 13.9. The summed E-state index contributed by atoms with van der Waals surface area (Å²) >= 11 is 3.56. The average molecular weight is 350 g/mol. The Hall–Kier alpha value is -1.52. The lowest BCUT2D eigenvalue weighted by atomic mass is 10.1. The van der Waals surface area contributed by atoms with Crippen molar-refractivity contribution in [3.63, 3.8) is 0 Å². The molecular formula is C17H20BrNO2. The Morgan fingerprint density at radius 3 is 2.67 bits per heavy atom. The third kappa shape index (κ3) is 3.99. The van der Waals surface area contributed by atoms with Crippen molar-refractivity contribution in [2.24, 2.45) is 0 Å². The van der Waals surface area contributed by atoms with Crippen molar-refractivity contribution in [2.75, 3.05) is 6.61 Å². The molecule has 0 aromatic heterocycles. The number of phenols is 1. The molecule has 0 saturated heterocycles. The number of hydrogen-bond donors (Lipinski definition) is 2. The minimum absolute atomic E-state index is 0.177. The van der Waals surface area contributed by atoms with Gasteiger partial charge in [-0.3, -0.25) is 0 Å². The molecule has 2 aromatic carbocycles. The van der Waals surface area contributed by atoms with Crippen LogP contribution >= 0.6 is 15.9 Å². The van der Waals surface area contributed by atoms with Crippen LogP contribution in [0.4, 0.5) is 0 Å². The first-order valence-electron chi connectivity index (χ1n) is 7.05. The van der Waals surface area contributed by atoms with Gasteiger partial charge in [0, 0.05) is 22.6 Å². The van der Waals surface area contributed by atoms with E-state index in [1.807, 2.05) is 37.3 Å². The fourth-order valence-corrected chi connectivity index (χ4v) is 2.81. The molecule has 0 aliphatic heterocycles. The number of para-hydroxylation sites is 1. The first-order chi connectivity index (χ1) is 10.1. The highest BCUT2D eigenvalue weighted by atomic mass is 79.9. The van der Waals surface area contributed by atoms with Gasteiger partial charge >= 0.3 is 0 Å². The highest BCUT2D eigenvalue weighted by Gasteiger charge is 2.11. The van der Waals surface area contributed by atoms with Gasteiger partial charge in [-0.15, -0.1) is 0 Å². The number of hydrogen-bond acceptors (Lipinski definition) is 3. The van der Waals surface area contributed by atoms with E-state index in [1.54, 1.807) is 6.07 Å². The van der Waals surface area contributed by atoms with Crippen molar-refractivity contribution in [1.82, 2.24) is 5.32 Å². The number of nitrogens with one attached hydrogen (secondary N) is 1. The molecule has 4 heteroatoms. The molecule has 0 bridgehead atoms. The second-order valence-electron chi connectivity index (χ2n) is 4.82. The highest BCUT2D eigenvalue weighted by Crippen LogP contribution is 2.30. The van der Waals surface area contributed by atoms with Crippen LogP contribution in [0.3, 0.4) is 0 Å². The predicted octanol–water partition coefficient (Wildman–Crippen LogP) is 4.40. The second kappa shape index (κ2) is 7.48. The summed E-state index contributed by atoms with van der Waals surface area (Å²) in [5.41, 5.74) is 2.03. The molecule has 0 aliphatic rings. The Balaban J connectivity index is 2.06. The third-order valence-electron chi connectivity index (χ3n) is 3.35. The van der Waals surface area contributed by atoms with Crippen LogP contribution in [0.25, 0.3) is 0 Å². The summed E-state index contributed by atoms with van der Waals surface area (Å²) in [7, 11) is 0. The molecule has 0 saturated carbocycles. The zero-order chi connectivity index (χ0) is 15.2. The molecule has 0 fully saturated rings. The van der Waals surface area contributed by atoms with Gasteiger partial charge in [0.1, 0.15) is 0 Å². The van der Waals surface area contributed by atoms with Crippen LogP contribution in [0.5, 0.6) is 11.5 Å². The minimum atomic E-state index is 0.177. The molecule has 0 heterocycles. The molecule has 2 aromatic rings. The molecular weight excluding hydrogens is 330 g/mol. The van der Waals surface area contributed by atoms with E-state index < -0.39 is 0 Å². The first kappa shape index (κ1) is 15.9. The van der Waals surface area contributed by atoms with Gasteiger partial charge in [0.15, 0.2) is 11.5 Å². The number of phenolic OH excluding ortho intramolecular Hbond substituents is 1. The van der Waals surface area contributed by atoms with Gasteiger partial charge in [-0.1, -0.05) is 46.3 Å². The Bertz CT molecular complexity index is 601. The Labute approximate surface area is 134 Å². The van der Waals surface area contributed by atoms with E-state index >= 15 is 0 Å². The maximum absolute atomic E-state index is 10.2. The molecule has 1 unspecified atom stereocenters. The number of rotatable bonds is 6. The summed E-state index contributed by atoms with van der Waals surface area (Å²) in [5, 5.41) is 13.6. The summed E-state index contributed by atoms with van der Waals surface area (Å²) < 4.78 is 6.48. The van der Waals surface area contributed by atoms with E-state index in [-0.39, 0.29) is 11.8 Å². The Kier molecular flexibility index (Phi) is 5.65. The van der Waals surface area contributed by atoms with Gasteiger partial charge in [0.05, 0.1) is 6.61 Å². The lowest BCUT2D eigenvalue weighted by Gasteiger charge is -2.17. The van der Waals surface area contributed by atoms with Gasteiger partial charge in [0.2, 0.25) is 0 Å².